The van der Waals surface area contributed by atoms with Crippen LogP contribution in [0, 0.1) is 13.8 Å². The van der Waals surface area contributed by atoms with Crippen molar-refractivity contribution in [3.05, 3.63) is 59.2 Å². The third-order valence-corrected chi connectivity index (χ3v) is 3.98. The van der Waals surface area contributed by atoms with Crippen LogP contribution in [0.25, 0.3) is 0 Å². The van der Waals surface area contributed by atoms with Crippen LogP contribution in [-0.4, -0.2) is 25.1 Å². The van der Waals surface area contributed by atoms with Crippen LogP contribution >= 0.6 is 0 Å². The molecule has 2 aromatic rings. The van der Waals surface area contributed by atoms with Gasteiger partial charge in [0.25, 0.3) is 5.91 Å². The first-order valence-corrected chi connectivity index (χ1v) is 8.76. The fraction of sp³-hybridized carbons (Fsp3) is 0.333. The molecule has 0 radical (unpaired) electrons. The molecule has 0 fully saturated rings. The van der Waals surface area contributed by atoms with Crippen molar-refractivity contribution in [2.45, 2.75) is 33.6 Å². The monoisotopic (exact) mass is 355 g/mol. The largest absolute Gasteiger partial charge is 0.484 e. The van der Waals surface area contributed by atoms with Gasteiger partial charge >= 0.3 is 5.97 Å². The maximum absolute atomic E-state index is 12.0. The zero-order valence-electron chi connectivity index (χ0n) is 15.5. The summed E-state index contributed by atoms with van der Waals surface area (Å²) in [6, 6.07) is 12.3. The Hall–Kier alpha value is -2.82. The molecular weight excluding hydrogens is 330 g/mol. The number of anilines is 1. The number of ether oxygens (including phenoxy) is 2. The highest BCUT2D eigenvalue weighted by molar-refractivity contribution is 5.92. The van der Waals surface area contributed by atoms with Gasteiger partial charge in [0, 0.05) is 5.69 Å². The normalized spacial score (nSPS) is 10.3. The SMILES string of the molecule is CCCCOC(=O)c1ccc(OCC(=O)Nc2ccc(C)c(C)c2)cc1. The molecule has 0 bridgehead atoms. The number of hydrogen-bond donors (Lipinski definition) is 1. The van der Waals surface area contributed by atoms with E-state index in [1.807, 2.05) is 39.0 Å². The number of hydrogen-bond acceptors (Lipinski definition) is 4. The van der Waals surface area contributed by atoms with Crippen molar-refractivity contribution in [3.63, 3.8) is 0 Å². The van der Waals surface area contributed by atoms with Crippen molar-refractivity contribution in [1.82, 2.24) is 0 Å². The van der Waals surface area contributed by atoms with Gasteiger partial charge in [0.2, 0.25) is 0 Å². The Labute approximate surface area is 154 Å². The summed E-state index contributed by atoms with van der Waals surface area (Å²) in [5.41, 5.74) is 3.50. The van der Waals surface area contributed by atoms with E-state index in [2.05, 4.69) is 5.32 Å². The summed E-state index contributed by atoms with van der Waals surface area (Å²) in [6.07, 6.45) is 1.83. The highest BCUT2D eigenvalue weighted by atomic mass is 16.5. The number of amides is 1. The van der Waals surface area contributed by atoms with Crippen molar-refractivity contribution in [2.75, 3.05) is 18.5 Å². The molecule has 138 valence electrons. The molecule has 0 aliphatic rings. The van der Waals surface area contributed by atoms with Gasteiger partial charge in [0.05, 0.1) is 12.2 Å². The Kier molecular flexibility index (Phi) is 7.21. The van der Waals surface area contributed by atoms with Crippen LogP contribution in [0.15, 0.2) is 42.5 Å². The van der Waals surface area contributed by atoms with E-state index < -0.39 is 0 Å². The van der Waals surface area contributed by atoms with Gasteiger partial charge in [-0.2, -0.15) is 0 Å². The van der Waals surface area contributed by atoms with Crippen molar-refractivity contribution < 1.29 is 19.1 Å². The minimum absolute atomic E-state index is 0.104. The fourth-order valence-corrected chi connectivity index (χ4v) is 2.24. The first-order chi connectivity index (χ1) is 12.5. The molecular formula is C21H25NO4. The van der Waals surface area contributed by atoms with E-state index in [9.17, 15) is 9.59 Å². The standard InChI is InChI=1S/C21H25NO4/c1-4-5-12-25-21(24)17-7-10-19(11-8-17)26-14-20(23)22-18-9-6-15(2)16(3)13-18/h6-11,13H,4-5,12,14H2,1-3H3,(H,22,23). The second kappa shape index (κ2) is 9.61. The number of carbonyl (C=O) groups excluding carboxylic acids is 2. The molecule has 1 N–H and O–H groups in total. The molecule has 2 rings (SSSR count). The highest BCUT2D eigenvalue weighted by Crippen LogP contribution is 2.15. The molecule has 5 heteroatoms. The zero-order valence-corrected chi connectivity index (χ0v) is 15.5. The van der Waals surface area contributed by atoms with Gasteiger partial charge in [-0.15, -0.1) is 0 Å². The number of aryl methyl sites for hydroxylation is 2. The number of benzene rings is 2. The number of esters is 1. The smallest absolute Gasteiger partial charge is 0.338 e. The molecule has 0 saturated heterocycles. The van der Waals surface area contributed by atoms with Crippen LogP contribution in [0.4, 0.5) is 5.69 Å². The van der Waals surface area contributed by atoms with Crippen LogP contribution in [-0.2, 0) is 9.53 Å². The Balaban J connectivity index is 1.82. The van der Waals surface area contributed by atoms with Crippen molar-refractivity contribution >= 4 is 17.6 Å². The van der Waals surface area contributed by atoms with Crippen LogP contribution < -0.4 is 10.1 Å². The van der Waals surface area contributed by atoms with E-state index in [1.54, 1.807) is 24.3 Å². The van der Waals surface area contributed by atoms with E-state index in [1.165, 1.54) is 5.56 Å². The van der Waals surface area contributed by atoms with E-state index in [-0.39, 0.29) is 18.5 Å². The summed E-state index contributed by atoms with van der Waals surface area (Å²) in [7, 11) is 0. The molecule has 26 heavy (non-hydrogen) atoms. The van der Waals surface area contributed by atoms with Gasteiger partial charge in [0.1, 0.15) is 5.75 Å². The predicted octanol–water partition coefficient (Wildman–Crippen LogP) is 4.28. The minimum Gasteiger partial charge on any atom is -0.484 e. The number of rotatable bonds is 8. The summed E-state index contributed by atoms with van der Waals surface area (Å²) in [6.45, 7) is 6.37. The second-order valence-corrected chi connectivity index (χ2v) is 6.15. The second-order valence-electron chi connectivity index (χ2n) is 6.15. The number of carbonyl (C=O) groups is 2. The molecule has 1 amide bonds. The van der Waals surface area contributed by atoms with Crippen molar-refractivity contribution in [1.29, 1.82) is 0 Å². The average Bonchev–Trinajstić information content (AvgIpc) is 2.63. The first kappa shape index (κ1) is 19.5. The molecule has 0 heterocycles. The number of unbranched alkanes of at least 4 members (excludes halogenated alkanes) is 1. The summed E-state index contributed by atoms with van der Waals surface area (Å²) >= 11 is 0. The van der Waals surface area contributed by atoms with Gasteiger partial charge < -0.3 is 14.8 Å². The van der Waals surface area contributed by atoms with Crippen LogP contribution in [0.5, 0.6) is 5.75 Å². The van der Waals surface area contributed by atoms with Crippen LogP contribution in [0.3, 0.4) is 0 Å². The lowest BCUT2D eigenvalue weighted by Crippen LogP contribution is -2.20. The number of nitrogens with one attached hydrogen (secondary N) is 1. The maximum Gasteiger partial charge on any atom is 0.338 e. The molecule has 0 unspecified atom stereocenters. The molecule has 0 spiro atoms. The summed E-state index contributed by atoms with van der Waals surface area (Å²) in [4.78, 5) is 23.8. The van der Waals surface area contributed by atoms with E-state index >= 15 is 0 Å². The van der Waals surface area contributed by atoms with Crippen LogP contribution in [0.1, 0.15) is 41.3 Å². The maximum atomic E-state index is 12.0. The Morgan fingerprint density at radius 2 is 1.73 bits per heavy atom. The molecule has 0 aliphatic carbocycles. The third-order valence-electron chi connectivity index (χ3n) is 3.98. The summed E-state index contributed by atoms with van der Waals surface area (Å²) < 4.78 is 10.6. The lowest BCUT2D eigenvalue weighted by atomic mass is 10.1. The summed E-state index contributed by atoms with van der Waals surface area (Å²) in [5, 5.41) is 2.80. The predicted molar refractivity (Wildman–Crippen MR) is 102 cm³/mol. The Bertz CT molecular complexity index is 753. The molecule has 0 aromatic heterocycles. The Morgan fingerprint density at radius 3 is 2.38 bits per heavy atom. The molecule has 0 atom stereocenters. The molecule has 0 saturated carbocycles. The van der Waals surface area contributed by atoms with Gasteiger partial charge in [0.15, 0.2) is 6.61 Å². The molecule has 5 nitrogen and oxygen atoms in total. The summed E-state index contributed by atoms with van der Waals surface area (Å²) in [5.74, 6) is -0.0702. The van der Waals surface area contributed by atoms with Gasteiger partial charge in [-0.05, 0) is 67.8 Å². The topological polar surface area (TPSA) is 64.6 Å². The molecule has 2 aromatic carbocycles. The van der Waals surface area contributed by atoms with Gasteiger partial charge in [-0.3, -0.25) is 4.79 Å². The third kappa shape index (κ3) is 5.92. The van der Waals surface area contributed by atoms with Gasteiger partial charge in [-0.1, -0.05) is 19.4 Å². The van der Waals surface area contributed by atoms with Gasteiger partial charge in [-0.25, -0.2) is 4.79 Å². The first-order valence-electron chi connectivity index (χ1n) is 8.76. The van der Waals surface area contributed by atoms with E-state index in [0.29, 0.717) is 17.9 Å². The lowest BCUT2D eigenvalue weighted by molar-refractivity contribution is -0.118. The Morgan fingerprint density at radius 1 is 1.00 bits per heavy atom. The zero-order chi connectivity index (χ0) is 18.9. The quantitative estimate of drug-likeness (QED) is 0.567. The minimum atomic E-state index is -0.350. The molecule has 0 aliphatic heterocycles. The average molecular weight is 355 g/mol. The van der Waals surface area contributed by atoms with Crippen molar-refractivity contribution in [2.24, 2.45) is 0 Å². The fourth-order valence-electron chi connectivity index (χ4n) is 2.24. The van der Waals surface area contributed by atoms with E-state index in [0.717, 1.165) is 24.1 Å². The van der Waals surface area contributed by atoms with E-state index in [4.69, 9.17) is 9.47 Å². The van der Waals surface area contributed by atoms with Crippen molar-refractivity contribution in [3.8, 4) is 5.75 Å². The van der Waals surface area contributed by atoms with Crippen LogP contribution in [0.2, 0.25) is 0 Å². The highest BCUT2D eigenvalue weighted by Gasteiger charge is 2.08. The lowest BCUT2D eigenvalue weighted by Gasteiger charge is -2.09.